The molecule has 3 nitrogen and oxygen atoms in total. The topological polar surface area (TPSA) is 48.7 Å². The number of allylic oxidation sites excluding steroid dienone is 1. The van der Waals surface area contributed by atoms with E-state index in [2.05, 4.69) is 22.4 Å². The van der Waals surface area contributed by atoms with Crippen molar-refractivity contribution in [2.75, 3.05) is 6.54 Å². The maximum absolute atomic E-state index is 8.96. The van der Waals surface area contributed by atoms with Gasteiger partial charge >= 0.3 is 0 Å². The van der Waals surface area contributed by atoms with Gasteiger partial charge in [0.1, 0.15) is 11.2 Å². The minimum atomic E-state index is 0.283. The fraction of sp³-hybridized carbons (Fsp3) is 0.385. The fourth-order valence-electron chi connectivity index (χ4n) is 2.60. The molecule has 0 aromatic carbocycles. The Morgan fingerprint density at radius 3 is 3.12 bits per heavy atom. The maximum atomic E-state index is 8.96. The summed E-state index contributed by atoms with van der Waals surface area (Å²) in [4.78, 5) is 4.08. The Labute approximate surface area is 105 Å². The molecule has 1 N–H and O–H groups in total. The van der Waals surface area contributed by atoms with Crippen molar-refractivity contribution in [1.29, 1.82) is 5.26 Å². The number of hydrogen-bond acceptors (Lipinski definition) is 3. The summed E-state index contributed by atoms with van der Waals surface area (Å²) in [6.07, 6.45) is 6.38. The van der Waals surface area contributed by atoms with Crippen LogP contribution in [0, 0.1) is 17.2 Å². The number of aromatic nitrogens is 1. The highest BCUT2D eigenvalue weighted by Gasteiger charge is 2.35. The summed E-state index contributed by atoms with van der Waals surface area (Å²) in [7, 11) is 0. The molecule has 1 fully saturated rings. The lowest BCUT2D eigenvalue weighted by molar-refractivity contribution is 0.262. The zero-order valence-electron chi connectivity index (χ0n) is 9.28. The molecule has 0 saturated carbocycles. The second-order valence-corrected chi connectivity index (χ2v) is 4.91. The Bertz CT molecular complexity index is 530. The zero-order valence-corrected chi connectivity index (χ0v) is 10.0. The van der Waals surface area contributed by atoms with E-state index in [0.717, 1.165) is 24.4 Å². The van der Waals surface area contributed by atoms with Crippen LogP contribution in [0.3, 0.4) is 0 Å². The van der Waals surface area contributed by atoms with Crippen LogP contribution in [0.4, 0.5) is 0 Å². The molecule has 86 valence electrons. The molecule has 1 aliphatic heterocycles. The Balaban J connectivity index is 1.99. The number of rotatable bonds is 1. The predicted octanol–water partition coefficient (Wildman–Crippen LogP) is 2.37. The summed E-state index contributed by atoms with van der Waals surface area (Å²) in [5.41, 5.74) is 2.74. The summed E-state index contributed by atoms with van der Waals surface area (Å²) < 4.78 is 0. The van der Waals surface area contributed by atoms with Crippen molar-refractivity contribution in [2.45, 2.75) is 18.9 Å². The predicted molar refractivity (Wildman–Crippen MR) is 66.5 cm³/mol. The van der Waals surface area contributed by atoms with E-state index in [1.165, 1.54) is 12.0 Å². The lowest BCUT2D eigenvalue weighted by atomic mass is 9.76. The second-order valence-electron chi connectivity index (χ2n) is 4.56. The average Bonchev–Trinajstić information content (AvgIpc) is 2.31. The van der Waals surface area contributed by atoms with Gasteiger partial charge in [0.2, 0.25) is 0 Å². The highest BCUT2D eigenvalue weighted by atomic mass is 35.5. The number of hydrogen-bond donors (Lipinski definition) is 1. The molecule has 17 heavy (non-hydrogen) atoms. The van der Waals surface area contributed by atoms with E-state index in [1.54, 1.807) is 6.20 Å². The number of halogens is 1. The molecule has 2 heterocycles. The summed E-state index contributed by atoms with van der Waals surface area (Å²) in [5.74, 6) is 0.746. The third-order valence-electron chi connectivity index (χ3n) is 3.60. The van der Waals surface area contributed by atoms with E-state index in [4.69, 9.17) is 16.9 Å². The van der Waals surface area contributed by atoms with Crippen LogP contribution in [-0.2, 0) is 0 Å². The van der Waals surface area contributed by atoms with E-state index >= 15 is 0 Å². The Morgan fingerprint density at radius 1 is 1.53 bits per heavy atom. The number of nitriles is 1. The van der Waals surface area contributed by atoms with E-state index in [9.17, 15) is 0 Å². The summed E-state index contributed by atoms with van der Waals surface area (Å²) >= 11 is 5.85. The van der Waals surface area contributed by atoms with Crippen molar-refractivity contribution in [1.82, 2.24) is 10.3 Å². The highest BCUT2D eigenvalue weighted by molar-refractivity contribution is 6.30. The molecule has 1 aliphatic carbocycles. The second kappa shape index (κ2) is 4.14. The van der Waals surface area contributed by atoms with E-state index in [1.807, 2.05) is 6.07 Å². The van der Waals surface area contributed by atoms with Gasteiger partial charge < -0.3 is 5.32 Å². The standard InChI is InChI=1S/C13H12ClN3/c14-13-9(5-15)4-10(7-17-13)11-3-1-2-8-6-16-12(8)11/h3-4,7-8,12,16H,1-2,6H2. The number of nitrogens with one attached hydrogen (secondary N) is 1. The van der Waals surface area contributed by atoms with Crippen molar-refractivity contribution < 1.29 is 0 Å². The van der Waals surface area contributed by atoms with Crippen LogP contribution in [0.5, 0.6) is 0 Å². The number of pyridine rings is 1. The lowest BCUT2D eigenvalue weighted by Crippen LogP contribution is -2.54. The van der Waals surface area contributed by atoms with Gasteiger partial charge in [-0.3, -0.25) is 0 Å². The quantitative estimate of drug-likeness (QED) is 0.773. The maximum Gasteiger partial charge on any atom is 0.146 e. The van der Waals surface area contributed by atoms with Gasteiger partial charge in [-0.1, -0.05) is 17.7 Å². The third-order valence-corrected chi connectivity index (χ3v) is 3.90. The largest absolute Gasteiger partial charge is 0.309 e. The molecule has 1 saturated heterocycles. The lowest BCUT2D eigenvalue weighted by Gasteiger charge is -2.42. The minimum absolute atomic E-state index is 0.283. The highest BCUT2D eigenvalue weighted by Crippen LogP contribution is 2.36. The van der Waals surface area contributed by atoms with Gasteiger partial charge in [0.15, 0.2) is 0 Å². The molecular weight excluding hydrogens is 234 g/mol. The molecule has 0 spiro atoms. The van der Waals surface area contributed by atoms with Gasteiger partial charge in [0.05, 0.1) is 5.56 Å². The summed E-state index contributed by atoms with van der Waals surface area (Å²) in [5, 5.41) is 12.7. The van der Waals surface area contributed by atoms with Crippen LogP contribution in [0.2, 0.25) is 5.15 Å². The Hall–Kier alpha value is -1.37. The molecule has 0 radical (unpaired) electrons. The molecule has 0 bridgehead atoms. The molecule has 2 aliphatic rings. The number of fused-ring (bicyclic) bond motifs is 1. The van der Waals surface area contributed by atoms with Crippen LogP contribution in [0.25, 0.3) is 5.57 Å². The smallest absolute Gasteiger partial charge is 0.146 e. The van der Waals surface area contributed by atoms with E-state index in [0.29, 0.717) is 11.6 Å². The normalized spacial score (nSPS) is 26.5. The van der Waals surface area contributed by atoms with Crippen LogP contribution in [-0.4, -0.2) is 17.6 Å². The van der Waals surface area contributed by atoms with Crippen LogP contribution in [0.15, 0.2) is 18.3 Å². The molecule has 0 amide bonds. The van der Waals surface area contributed by atoms with Gasteiger partial charge in [-0.2, -0.15) is 5.26 Å². The SMILES string of the molecule is N#Cc1cc(C2=CCCC3CNC23)cnc1Cl. The summed E-state index contributed by atoms with van der Waals surface area (Å²) in [6, 6.07) is 4.36. The van der Waals surface area contributed by atoms with Gasteiger partial charge in [-0.15, -0.1) is 0 Å². The van der Waals surface area contributed by atoms with Crippen LogP contribution < -0.4 is 5.32 Å². The van der Waals surface area contributed by atoms with Crippen molar-refractivity contribution in [3.63, 3.8) is 0 Å². The van der Waals surface area contributed by atoms with Crippen molar-refractivity contribution in [3.8, 4) is 6.07 Å². The Morgan fingerprint density at radius 2 is 2.41 bits per heavy atom. The fourth-order valence-corrected chi connectivity index (χ4v) is 2.74. The van der Waals surface area contributed by atoms with E-state index < -0.39 is 0 Å². The van der Waals surface area contributed by atoms with Gasteiger partial charge in [-0.25, -0.2) is 4.98 Å². The average molecular weight is 246 g/mol. The first kappa shape index (κ1) is 10.8. The van der Waals surface area contributed by atoms with Crippen molar-refractivity contribution >= 4 is 17.2 Å². The first-order valence-electron chi connectivity index (χ1n) is 5.79. The Kier molecular flexibility index (Phi) is 2.62. The van der Waals surface area contributed by atoms with Gasteiger partial charge in [0.25, 0.3) is 0 Å². The first-order chi connectivity index (χ1) is 8.29. The van der Waals surface area contributed by atoms with Crippen molar-refractivity contribution in [2.24, 2.45) is 5.92 Å². The first-order valence-corrected chi connectivity index (χ1v) is 6.17. The van der Waals surface area contributed by atoms with Crippen LogP contribution in [0.1, 0.15) is 24.0 Å². The molecule has 3 rings (SSSR count). The molecule has 1 aromatic rings. The van der Waals surface area contributed by atoms with Gasteiger partial charge in [0, 0.05) is 18.8 Å². The molecular formula is C13H12ClN3. The third kappa shape index (κ3) is 1.74. The van der Waals surface area contributed by atoms with E-state index in [-0.39, 0.29) is 5.15 Å². The number of nitrogens with zero attached hydrogens (tertiary/aromatic N) is 2. The van der Waals surface area contributed by atoms with Crippen LogP contribution >= 0.6 is 11.6 Å². The van der Waals surface area contributed by atoms with Gasteiger partial charge in [-0.05, 0) is 36.0 Å². The molecule has 4 heteroatoms. The van der Waals surface area contributed by atoms with Crippen molar-refractivity contribution in [3.05, 3.63) is 34.6 Å². The minimum Gasteiger partial charge on any atom is -0.309 e. The zero-order chi connectivity index (χ0) is 11.8. The summed E-state index contributed by atoms with van der Waals surface area (Å²) in [6.45, 7) is 1.11. The monoisotopic (exact) mass is 245 g/mol. The molecule has 2 atom stereocenters. The molecule has 1 aromatic heterocycles. The molecule has 2 unspecified atom stereocenters.